The molecule has 10 heteroatoms. The fourth-order valence-corrected chi connectivity index (χ4v) is 7.80. The third-order valence-corrected chi connectivity index (χ3v) is 8.95. The van der Waals surface area contributed by atoms with E-state index in [0.717, 1.165) is 48.2 Å². The molecule has 1 saturated heterocycles. The average molecular weight is 505 g/mol. The summed E-state index contributed by atoms with van der Waals surface area (Å²) in [6.45, 7) is 1.84. The number of piperidine rings is 1. The third-order valence-electron chi connectivity index (χ3n) is 8.95. The van der Waals surface area contributed by atoms with Crippen molar-refractivity contribution >= 4 is 17.3 Å². The van der Waals surface area contributed by atoms with Crippen LogP contribution >= 0.6 is 0 Å². The number of hydrogen-bond acceptors (Lipinski definition) is 3. The zero-order valence-corrected chi connectivity index (χ0v) is 20.2. The van der Waals surface area contributed by atoms with Gasteiger partial charge in [-0.25, -0.2) is 4.98 Å². The van der Waals surface area contributed by atoms with E-state index < -0.39 is 18.1 Å². The highest BCUT2D eigenvalue weighted by Crippen LogP contribution is 2.55. The Hall–Kier alpha value is -2.62. The number of likely N-dealkylation sites (tertiary alicyclic amines) is 1. The Balaban J connectivity index is 1.14. The number of carbonyl (C=O) groups excluding carboxylic acids is 2. The summed E-state index contributed by atoms with van der Waals surface area (Å²) in [7, 11) is 0. The average Bonchev–Trinajstić information content (AvgIpc) is 3.17. The maximum atomic E-state index is 13.5. The van der Waals surface area contributed by atoms with Crippen LogP contribution in [0, 0.1) is 17.8 Å². The number of fused-ring (bicyclic) bond motifs is 1. The van der Waals surface area contributed by atoms with E-state index in [1.54, 1.807) is 0 Å². The Kier molecular flexibility index (Phi) is 5.77. The van der Waals surface area contributed by atoms with Gasteiger partial charge in [-0.15, -0.1) is 0 Å². The molecule has 0 spiro atoms. The molecule has 194 valence electrons. The van der Waals surface area contributed by atoms with Gasteiger partial charge in [0.2, 0.25) is 5.82 Å². The van der Waals surface area contributed by atoms with Crippen molar-refractivity contribution in [2.75, 3.05) is 13.1 Å². The second-order valence-electron chi connectivity index (χ2n) is 11.7. The highest BCUT2D eigenvalue weighted by molar-refractivity contribution is 5.92. The standard InChI is InChI=1S/C26H32F3N5O2/c27-26(28,29)24(36)30-19-4-7-33(8-5-19)15-20-21-3-1-2-6-34(21)22(31-20)23(35)32-25-12-16-9-17(13-25)11-18(10-16)14-25/h1-3,6,16-19H,4-5,7-15H2,(H,30,36)(H,32,35)/p+1. The van der Waals surface area contributed by atoms with Crippen molar-refractivity contribution in [3.63, 3.8) is 0 Å². The second-order valence-corrected chi connectivity index (χ2v) is 11.7. The Morgan fingerprint density at radius 3 is 2.31 bits per heavy atom. The molecule has 2 aromatic rings. The van der Waals surface area contributed by atoms with Gasteiger partial charge in [0.05, 0.1) is 18.6 Å². The van der Waals surface area contributed by atoms with Crippen molar-refractivity contribution in [3.8, 4) is 0 Å². The van der Waals surface area contributed by atoms with E-state index in [9.17, 15) is 22.8 Å². The van der Waals surface area contributed by atoms with Crippen LogP contribution in [0.1, 0.15) is 67.7 Å². The molecule has 3 heterocycles. The lowest BCUT2D eigenvalue weighted by Crippen LogP contribution is -3.12. The predicted molar refractivity (Wildman–Crippen MR) is 125 cm³/mol. The molecule has 3 N–H and O–H groups in total. The Morgan fingerprint density at radius 1 is 1.06 bits per heavy atom. The SMILES string of the molecule is O=C(NC12CC3CC(CC(C3)C1)C2)c1nc(C[NH+]2CCC(NC(=O)C(F)(F)F)CC2)c2ccccn12. The van der Waals surface area contributed by atoms with Crippen molar-refractivity contribution in [2.24, 2.45) is 17.8 Å². The van der Waals surface area contributed by atoms with Crippen LogP contribution in [0.5, 0.6) is 0 Å². The number of pyridine rings is 1. The highest BCUT2D eigenvalue weighted by atomic mass is 19.4. The first kappa shape index (κ1) is 23.8. The molecular weight excluding hydrogens is 471 g/mol. The summed E-state index contributed by atoms with van der Waals surface area (Å²) in [5, 5.41) is 5.53. The van der Waals surface area contributed by atoms with E-state index in [1.165, 1.54) is 24.2 Å². The van der Waals surface area contributed by atoms with Gasteiger partial charge >= 0.3 is 12.1 Å². The summed E-state index contributed by atoms with van der Waals surface area (Å²) in [4.78, 5) is 30.8. The van der Waals surface area contributed by atoms with Gasteiger partial charge in [-0.3, -0.25) is 14.0 Å². The number of halogens is 3. The van der Waals surface area contributed by atoms with E-state index in [-0.39, 0.29) is 11.4 Å². The first-order valence-corrected chi connectivity index (χ1v) is 13.2. The number of nitrogens with zero attached hydrogens (tertiary/aromatic N) is 2. The molecule has 0 unspecified atom stereocenters. The van der Waals surface area contributed by atoms with Crippen molar-refractivity contribution in [1.29, 1.82) is 0 Å². The smallest absolute Gasteiger partial charge is 0.345 e. The molecular formula is C26H33F3N5O2+. The van der Waals surface area contributed by atoms with Crippen LogP contribution in [0.15, 0.2) is 24.4 Å². The number of rotatable bonds is 5. The molecule has 4 bridgehead atoms. The van der Waals surface area contributed by atoms with Gasteiger partial charge < -0.3 is 15.5 Å². The Labute approximate surface area is 207 Å². The number of amides is 2. The molecule has 0 atom stereocenters. The monoisotopic (exact) mass is 504 g/mol. The van der Waals surface area contributed by atoms with Crippen molar-refractivity contribution in [2.45, 2.75) is 75.7 Å². The zero-order valence-electron chi connectivity index (χ0n) is 20.2. The van der Waals surface area contributed by atoms with Gasteiger partial charge in [0.1, 0.15) is 12.2 Å². The number of quaternary nitrogens is 1. The molecule has 0 aromatic carbocycles. The normalized spacial score (nSPS) is 33.6. The number of aromatic nitrogens is 2. The van der Waals surface area contributed by atoms with E-state index in [4.69, 9.17) is 4.98 Å². The molecule has 5 fully saturated rings. The fraction of sp³-hybridized carbons (Fsp3) is 0.654. The lowest BCUT2D eigenvalue weighted by Gasteiger charge is -2.56. The topological polar surface area (TPSA) is 79.9 Å². The maximum Gasteiger partial charge on any atom is 0.471 e. The predicted octanol–water partition coefficient (Wildman–Crippen LogP) is 2.26. The zero-order chi connectivity index (χ0) is 25.1. The summed E-state index contributed by atoms with van der Waals surface area (Å²) in [5.74, 6) is 0.617. The van der Waals surface area contributed by atoms with Crippen molar-refractivity contribution < 1.29 is 27.7 Å². The summed E-state index contributed by atoms with van der Waals surface area (Å²) >= 11 is 0. The van der Waals surface area contributed by atoms with Crippen LogP contribution < -0.4 is 15.5 Å². The maximum absolute atomic E-state index is 13.5. The van der Waals surface area contributed by atoms with Gasteiger partial charge in [-0.2, -0.15) is 13.2 Å². The van der Waals surface area contributed by atoms with Crippen LogP contribution in [0.2, 0.25) is 0 Å². The first-order chi connectivity index (χ1) is 17.2. The first-order valence-electron chi connectivity index (χ1n) is 13.2. The van der Waals surface area contributed by atoms with Crippen LogP contribution in [0.4, 0.5) is 13.2 Å². The largest absolute Gasteiger partial charge is 0.471 e. The van der Waals surface area contributed by atoms with Crippen LogP contribution in [0.25, 0.3) is 5.52 Å². The summed E-state index contributed by atoms with van der Waals surface area (Å²) in [6.07, 6.45) is 5.12. The third kappa shape index (κ3) is 4.48. The Bertz CT molecular complexity index is 1130. The second kappa shape index (κ2) is 8.75. The fourth-order valence-electron chi connectivity index (χ4n) is 7.80. The van der Waals surface area contributed by atoms with Gasteiger partial charge in [0.25, 0.3) is 5.91 Å². The number of hydrogen-bond donors (Lipinski definition) is 3. The number of imidazole rings is 1. The molecule has 1 aliphatic heterocycles. The van der Waals surface area contributed by atoms with Crippen LogP contribution in [-0.2, 0) is 11.3 Å². The summed E-state index contributed by atoms with van der Waals surface area (Å²) in [5.41, 5.74) is 1.60. The lowest BCUT2D eigenvalue weighted by atomic mass is 9.53. The minimum Gasteiger partial charge on any atom is -0.345 e. The number of alkyl halides is 3. The molecule has 2 aromatic heterocycles. The van der Waals surface area contributed by atoms with E-state index in [2.05, 4.69) is 10.6 Å². The van der Waals surface area contributed by atoms with E-state index in [1.807, 2.05) is 28.8 Å². The quantitative estimate of drug-likeness (QED) is 0.585. The molecule has 7 rings (SSSR count). The summed E-state index contributed by atoms with van der Waals surface area (Å²) < 4.78 is 39.5. The van der Waals surface area contributed by atoms with E-state index in [0.29, 0.717) is 38.3 Å². The van der Waals surface area contributed by atoms with Crippen LogP contribution in [0.3, 0.4) is 0 Å². The Morgan fingerprint density at radius 2 is 1.69 bits per heavy atom. The minimum atomic E-state index is -4.85. The minimum absolute atomic E-state index is 0.0966. The molecule has 2 amide bonds. The van der Waals surface area contributed by atoms with E-state index >= 15 is 0 Å². The van der Waals surface area contributed by atoms with Crippen molar-refractivity contribution in [1.82, 2.24) is 20.0 Å². The van der Waals surface area contributed by atoms with Gasteiger partial charge in [0.15, 0.2) is 0 Å². The summed E-state index contributed by atoms with van der Waals surface area (Å²) in [6, 6.07) is 5.31. The van der Waals surface area contributed by atoms with Gasteiger partial charge in [0, 0.05) is 30.6 Å². The van der Waals surface area contributed by atoms with Gasteiger partial charge in [-0.1, -0.05) is 6.07 Å². The molecule has 5 aliphatic rings. The molecule has 7 nitrogen and oxygen atoms in total. The number of nitrogens with one attached hydrogen (secondary N) is 3. The van der Waals surface area contributed by atoms with Gasteiger partial charge in [-0.05, 0) is 68.4 Å². The molecule has 36 heavy (non-hydrogen) atoms. The molecule has 4 saturated carbocycles. The molecule has 4 aliphatic carbocycles. The lowest BCUT2D eigenvalue weighted by molar-refractivity contribution is -0.919. The highest BCUT2D eigenvalue weighted by Gasteiger charge is 2.51. The number of carbonyl (C=O) groups is 2. The molecule has 0 radical (unpaired) electrons. The van der Waals surface area contributed by atoms with Crippen LogP contribution in [-0.4, -0.2) is 52.0 Å². The van der Waals surface area contributed by atoms with Crippen molar-refractivity contribution in [3.05, 3.63) is 35.9 Å².